The van der Waals surface area contributed by atoms with Crippen LogP contribution in [-0.4, -0.2) is 30.1 Å². The molecule has 2 amide bonds. The number of amides is 2. The maximum Gasteiger partial charge on any atom is 0.416 e. The summed E-state index contributed by atoms with van der Waals surface area (Å²) in [4.78, 5) is 24.2. The van der Waals surface area contributed by atoms with Crippen LogP contribution in [0.15, 0.2) is 24.3 Å². The highest BCUT2D eigenvalue weighted by Gasteiger charge is 2.31. The third kappa shape index (κ3) is 8.28. The van der Waals surface area contributed by atoms with Crippen molar-refractivity contribution in [3.05, 3.63) is 41.3 Å². The van der Waals surface area contributed by atoms with E-state index in [0.29, 0.717) is 18.1 Å². The van der Waals surface area contributed by atoms with Gasteiger partial charge in [-0.3, -0.25) is 9.59 Å². The van der Waals surface area contributed by atoms with Gasteiger partial charge in [0, 0.05) is 23.7 Å². The van der Waals surface area contributed by atoms with Crippen molar-refractivity contribution >= 4 is 17.5 Å². The van der Waals surface area contributed by atoms with Gasteiger partial charge in [-0.2, -0.15) is 13.2 Å². The van der Waals surface area contributed by atoms with Crippen LogP contribution in [0.3, 0.4) is 0 Å². The summed E-state index contributed by atoms with van der Waals surface area (Å²) in [6, 6.07) is 3.80. The normalized spacial score (nSPS) is 20.0. The fourth-order valence-electron chi connectivity index (χ4n) is 4.27. The van der Waals surface area contributed by atoms with Gasteiger partial charge in [0.2, 0.25) is 5.91 Å². The average molecular weight is 453 g/mol. The molecule has 1 saturated carbocycles. The Morgan fingerprint density at radius 2 is 1.81 bits per heavy atom. The molecule has 0 aromatic heterocycles. The van der Waals surface area contributed by atoms with Crippen LogP contribution in [0, 0.1) is 23.2 Å². The summed E-state index contributed by atoms with van der Waals surface area (Å²) in [5, 5.41) is 13.5. The van der Waals surface area contributed by atoms with Gasteiger partial charge in [-0.25, -0.2) is 0 Å². The molecule has 1 aliphatic carbocycles. The molecular weight excluding hydrogens is 419 g/mol. The van der Waals surface area contributed by atoms with Gasteiger partial charge < -0.3 is 16.0 Å². The number of halogens is 3. The summed E-state index contributed by atoms with van der Waals surface area (Å²) < 4.78 is 38.3. The number of carbonyl (C=O) groups is 2. The second kappa shape index (κ2) is 11.5. The van der Waals surface area contributed by atoms with E-state index in [1.807, 2.05) is 6.92 Å². The molecule has 177 valence electrons. The lowest BCUT2D eigenvalue weighted by Gasteiger charge is -2.30. The number of nitrogens with one attached hydrogen (secondary N) is 3. The van der Waals surface area contributed by atoms with E-state index in [4.69, 9.17) is 5.41 Å². The Labute approximate surface area is 188 Å². The second-order valence-corrected chi connectivity index (χ2v) is 9.09. The van der Waals surface area contributed by atoms with Crippen molar-refractivity contribution in [1.82, 2.24) is 10.6 Å². The van der Waals surface area contributed by atoms with Crippen molar-refractivity contribution in [3.8, 4) is 0 Å². The Hall–Kier alpha value is -2.38. The third-order valence-electron chi connectivity index (χ3n) is 5.83. The summed E-state index contributed by atoms with van der Waals surface area (Å²) in [6.45, 7) is 5.77. The van der Waals surface area contributed by atoms with Crippen molar-refractivity contribution in [2.24, 2.45) is 11.8 Å². The van der Waals surface area contributed by atoms with E-state index in [2.05, 4.69) is 24.5 Å². The molecule has 32 heavy (non-hydrogen) atoms. The summed E-state index contributed by atoms with van der Waals surface area (Å²) >= 11 is 0. The number of hydrogen-bond acceptors (Lipinski definition) is 3. The molecule has 1 fully saturated rings. The van der Waals surface area contributed by atoms with Crippen molar-refractivity contribution in [2.75, 3.05) is 6.54 Å². The molecule has 0 unspecified atom stereocenters. The third-order valence-corrected chi connectivity index (χ3v) is 5.83. The predicted molar refractivity (Wildman–Crippen MR) is 118 cm³/mol. The maximum absolute atomic E-state index is 12.8. The van der Waals surface area contributed by atoms with Crippen LogP contribution in [0.1, 0.15) is 75.2 Å². The zero-order chi connectivity index (χ0) is 23.9. The molecule has 2 rings (SSSR count). The molecule has 1 aromatic rings. The van der Waals surface area contributed by atoms with Crippen molar-refractivity contribution in [3.63, 3.8) is 0 Å². The molecule has 5 nitrogen and oxygen atoms in total. The first-order chi connectivity index (χ1) is 15.0. The number of hydrogen-bond donors (Lipinski definition) is 3. The van der Waals surface area contributed by atoms with Gasteiger partial charge in [-0.1, -0.05) is 19.9 Å². The van der Waals surface area contributed by atoms with Gasteiger partial charge in [0.05, 0.1) is 12.1 Å². The molecule has 0 aliphatic heterocycles. The van der Waals surface area contributed by atoms with Gasteiger partial charge >= 0.3 is 6.18 Å². The Bertz CT molecular complexity index is 800. The highest BCUT2D eigenvalue weighted by molar-refractivity contribution is 5.96. The number of alkyl halides is 3. The van der Waals surface area contributed by atoms with Gasteiger partial charge in [0.15, 0.2) is 0 Å². The monoisotopic (exact) mass is 452 g/mol. The van der Waals surface area contributed by atoms with Gasteiger partial charge in [-0.15, -0.1) is 0 Å². The summed E-state index contributed by atoms with van der Waals surface area (Å²) in [6.07, 6.45) is 1.32. The van der Waals surface area contributed by atoms with E-state index in [1.54, 1.807) is 0 Å². The Morgan fingerprint density at radius 1 is 1.16 bits per heavy atom. The summed E-state index contributed by atoms with van der Waals surface area (Å²) in [5.74, 6) is 1.22. The zero-order valence-electron chi connectivity index (χ0n) is 18.9. The van der Waals surface area contributed by atoms with Gasteiger partial charge in [0.25, 0.3) is 5.91 Å². The van der Waals surface area contributed by atoms with Crippen LogP contribution < -0.4 is 10.6 Å². The van der Waals surface area contributed by atoms with E-state index in [9.17, 15) is 22.8 Å². The lowest BCUT2D eigenvalue weighted by Crippen LogP contribution is -2.42. The fourth-order valence-corrected chi connectivity index (χ4v) is 4.27. The van der Waals surface area contributed by atoms with E-state index >= 15 is 0 Å². The first-order valence-corrected chi connectivity index (χ1v) is 11.1. The molecule has 0 bridgehead atoms. The highest BCUT2D eigenvalue weighted by Crippen LogP contribution is 2.34. The Kier molecular flexibility index (Phi) is 9.28. The molecule has 1 aromatic carbocycles. The van der Waals surface area contributed by atoms with Gasteiger partial charge in [0.1, 0.15) is 0 Å². The molecule has 1 atom stereocenters. The van der Waals surface area contributed by atoms with Crippen LogP contribution in [0.25, 0.3) is 0 Å². The second-order valence-electron chi connectivity index (χ2n) is 9.09. The first kappa shape index (κ1) is 25.9. The molecule has 3 N–H and O–H groups in total. The Balaban J connectivity index is 1.74. The van der Waals surface area contributed by atoms with Crippen LogP contribution in [0.2, 0.25) is 0 Å². The fraction of sp³-hybridized carbons (Fsp3) is 0.583. The molecular formula is C24H33F3N3O2. The lowest BCUT2D eigenvalue weighted by molar-refractivity contribution is -0.137. The summed E-state index contributed by atoms with van der Waals surface area (Å²) in [5.41, 5.74) is -0.436. The van der Waals surface area contributed by atoms with Crippen LogP contribution >= 0.6 is 0 Å². The average Bonchev–Trinajstić information content (AvgIpc) is 2.71. The minimum absolute atomic E-state index is 0.158. The van der Waals surface area contributed by atoms with E-state index in [1.165, 1.54) is 12.0 Å². The lowest BCUT2D eigenvalue weighted by atomic mass is 9.76. The Morgan fingerprint density at radius 3 is 2.41 bits per heavy atom. The standard InChI is InChI=1S/C24H33F3N3O2/c1-15(2)11-17-7-9-18(10-8-17)21(28)12-16(3)30-22(31)14-29-23(32)19-5-4-6-20(13-19)24(25,26)27/h4-6,13,16-18,28H,7-12,14H2,1-3H3,(H,29,32)(H,30,31)/t16-,17?,18?/m1/s1. The van der Waals surface area contributed by atoms with Crippen LogP contribution in [0.5, 0.6) is 0 Å². The van der Waals surface area contributed by atoms with Crippen LogP contribution in [0.4, 0.5) is 13.2 Å². The van der Waals surface area contributed by atoms with E-state index in [0.717, 1.165) is 50.3 Å². The maximum atomic E-state index is 12.8. The first-order valence-electron chi connectivity index (χ1n) is 11.1. The molecule has 8 heteroatoms. The quantitative estimate of drug-likeness (QED) is 0.452. The minimum Gasteiger partial charge on any atom is -0.352 e. The topological polar surface area (TPSA) is 82.1 Å². The molecule has 0 spiro atoms. The number of benzene rings is 1. The van der Waals surface area contributed by atoms with E-state index < -0.39 is 23.6 Å². The van der Waals surface area contributed by atoms with Crippen molar-refractivity contribution in [2.45, 2.75) is 71.5 Å². The predicted octanol–water partition coefficient (Wildman–Crippen LogP) is 5.16. The SMILES string of the molecule is C[C](C)CC1CCC(C(=N)C[C@@H](C)NC(=O)CNC(=O)c2cccc(C(F)(F)F)c2)CC1. The van der Waals surface area contributed by atoms with Gasteiger partial charge in [-0.05, 0) is 75.0 Å². The van der Waals surface area contributed by atoms with Crippen LogP contribution in [-0.2, 0) is 11.0 Å². The summed E-state index contributed by atoms with van der Waals surface area (Å²) in [7, 11) is 0. The smallest absolute Gasteiger partial charge is 0.352 e. The molecule has 0 saturated heterocycles. The highest BCUT2D eigenvalue weighted by atomic mass is 19.4. The number of carbonyl (C=O) groups excluding carboxylic acids is 2. The largest absolute Gasteiger partial charge is 0.416 e. The minimum atomic E-state index is -4.54. The molecule has 1 aliphatic rings. The zero-order valence-corrected chi connectivity index (χ0v) is 18.9. The van der Waals surface area contributed by atoms with E-state index in [-0.39, 0.29) is 24.1 Å². The molecule has 1 radical (unpaired) electrons. The number of rotatable bonds is 9. The van der Waals surface area contributed by atoms with Crippen molar-refractivity contribution in [1.29, 1.82) is 5.41 Å². The molecule has 0 heterocycles. The van der Waals surface area contributed by atoms with Crippen molar-refractivity contribution < 1.29 is 22.8 Å².